The molecule has 2 rings (SSSR count). The molecule has 1 aromatic carbocycles. The van der Waals surface area contributed by atoms with Gasteiger partial charge in [0.2, 0.25) is 0 Å². The zero-order valence-corrected chi connectivity index (χ0v) is 16.0. The smallest absolute Gasteiger partial charge is 0.326 e. The average Bonchev–Trinajstić information content (AvgIpc) is 3.10. The van der Waals surface area contributed by atoms with Crippen molar-refractivity contribution in [3.05, 3.63) is 51.2 Å². The van der Waals surface area contributed by atoms with Crippen molar-refractivity contribution in [2.24, 2.45) is 0 Å². The van der Waals surface area contributed by atoms with Crippen molar-refractivity contribution in [3.63, 3.8) is 0 Å². The van der Waals surface area contributed by atoms with Crippen molar-refractivity contribution in [3.8, 4) is 0 Å². The monoisotopic (exact) mass is 374 g/mol. The molecule has 6 nitrogen and oxygen atoms in total. The van der Waals surface area contributed by atoms with E-state index in [9.17, 15) is 14.4 Å². The van der Waals surface area contributed by atoms with Gasteiger partial charge in [-0.3, -0.25) is 14.4 Å². The lowest BCUT2D eigenvalue weighted by molar-refractivity contribution is -0.152. The highest BCUT2D eigenvalue weighted by Crippen LogP contribution is 2.22. The molecule has 2 amide bonds. The first-order valence-corrected chi connectivity index (χ1v) is 9.05. The minimum atomic E-state index is -0.971. The number of esters is 1. The fourth-order valence-corrected chi connectivity index (χ4v) is 3.18. The molecule has 0 radical (unpaired) electrons. The lowest BCUT2D eigenvalue weighted by atomic mass is 10.0. The number of thiophene rings is 1. The van der Waals surface area contributed by atoms with Gasteiger partial charge in [-0.1, -0.05) is 23.8 Å². The van der Waals surface area contributed by atoms with Crippen LogP contribution in [0.4, 0.5) is 5.69 Å². The van der Waals surface area contributed by atoms with Gasteiger partial charge in [0.05, 0.1) is 4.88 Å². The standard InChI is InChI=1S/C19H22N2O4S/c1-11-8-12(2)17(13(3)9-11)21-18(23)14(4)25-16(22)10-20-19(24)15-6-5-7-26-15/h5-9,14H,10H2,1-4H3,(H,20,24)(H,21,23)/t14-/m1/s1. The van der Waals surface area contributed by atoms with E-state index in [0.717, 1.165) is 22.4 Å². The van der Waals surface area contributed by atoms with E-state index in [1.807, 2.05) is 32.9 Å². The highest BCUT2D eigenvalue weighted by molar-refractivity contribution is 7.12. The Morgan fingerprint density at radius 3 is 2.38 bits per heavy atom. The molecule has 0 aliphatic heterocycles. The maximum Gasteiger partial charge on any atom is 0.326 e. The number of aryl methyl sites for hydroxylation is 3. The molecule has 0 aliphatic rings. The Kier molecular flexibility index (Phi) is 6.52. The van der Waals surface area contributed by atoms with Gasteiger partial charge in [0, 0.05) is 5.69 Å². The number of nitrogens with one attached hydrogen (secondary N) is 2. The third-order valence-electron chi connectivity index (χ3n) is 3.74. The number of rotatable bonds is 6. The normalized spacial score (nSPS) is 11.5. The summed E-state index contributed by atoms with van der Waals surface area (Å²) >= 11 is 1.28. The molecule has 0 fully saturated rings. The van der Waals surface area contributed by atoms with Crippen LogP contribution in [-0.2, 0) is 14.3 Å². The SMILES string of the molecule is Cc1cc(C)c(NC(=O)[C@@H](C)OC(=O)CNC(=O)c2cccs2)c(C)c1. The van der Waals surface area contributed by atoms with E-state index in [4.69, 9.17) is 4.74 Å². The van der Waals surface area contributed by atoms with E-state index in [1.54, 1.807) is 17.5 Å². The second-order valence-electron chi connectivity index (χ2n) is 6.06. The fourth-order valence-electron chi connectivity index (χ4n) is 2.54. The second-order valence-corrected chi connectivity index (χ2v) is 7.00. The Balaban J connectivity index is 1.86. The number of amides is 2. The summed E-state index contributed by atoms with van der Waals surface area (Å²) < 4.78 is 5.09. The number of ether oxygens (including phenoxy) is 1. The van der Waals surface area contributed by atoms with Crippen LogP contribution in [0.2, 0.25) is 0 Å². The first kappa shape index (κ1) is 19.7. The zero-order chi connectivity index (χ0) is 19.3. The summed E-state index contributed by atoms with van der Waals surface area (Å²) in [6.07, 6.45) is -0.971. The number of carbonyl (C=O) groups is 3. The molecule has 1 aromatic heterocycles. The van der Waals surface area contributed by atoms with Crippen LogP contribution in [-0.4, -0.2) is 30.4 Å². The minimum absolute atomic E-state index is 0.295. The van der Waals surface area contributed by atoms with E-state index in [1.165, 1.54) is 18.3 Å². The summed E-state index contributed by atoms with van der Waals surface area (Å²) in [5.74, 6) is -1.44. The van der Waals surface area contributed by atoms with E-state index < -0.39 is 18.0 Å². The topological polar surface area (TPSA) is 84.5 Å². The number of carbonyl (C=O) groups excluding carboxylic acids is 3. The summed E-state index contributed by atoms with van der Waals surface area (Å²) in [6, 6.07) is 7.35. The lowest BCUT2D eigenvalue weighted by Crippen LogP contribution is -2.35. The molecule has 0 saturated carbocycles. The van der Waals surface area contributed by atoms with Gasteiger partial charge in [-0.15, -0.1) is 11.3 Å². The van der Waals surface area contributed by atoms with E-state index in [0.29, 0.717) is 4.88 Å². The van der Waals surface area contributed by atoms with Gasteiger partial charge in [0.25, 0.3) is 11.8 Å². The molecule has 138 valence electrons. The Morgan fingerprint density at radius 2 is 1.81 bits per heavy atom. The largest absolute Gasteiger partial charge is 0.451 e. The van der Waals surface area contributed by atoms with Crippen molar-refractivity contribution < 1.29 is 19.1 Å². The van der Waals surface area contributed by atoms with Gasteiger partial charge in [0.1, 0.15) is 6.54 Å². The molecule has 0 unspecified atom stereocenters. The maximum atomic E-state index is 12.3. The highest BCUT2D eigenvalue weighted by atomic mass is 32.1. The molecule has 0 aliphatic carbocycles. The minimum Gasteiger partial charge on any atom is -0.451 e. The fraction of sp³-hybridized carbons (Fsp3) is 0.316. The van der Waals surface area contributed by atoms with Crippen LogP contribution in [0, 0.1) is 20.8 Å². The first-order chi connectivity index (χ1) is 12.3. The second kappa shape index (κ2) is 8.62. The van der Waals surface area contributed by atoms with Gasteiger partial charge in [-0.05, 0) is 50.3 Å². The van der Waals surface area contributed by atoms with E-state index in [-0.39, 0.29) is 12.5 Å². The predicted molar refractivity (Wildman–Crippen MR) is 101 cm³/mol. The van der Waals surface area contributed by atoms with Crippen molar-refractivity contribution in [1.82, 2.24) is 5.32 Å². The van der Waals surface area contributed by atoms with Crippen LogP contribution < -0.4 is 10.6 Å². The molecule has 1 heterocycles. The Labute approximate surface area is 156 Å². The molecular weight excluding hydrogens is 352 g/mol. The van der Waals surface area contributed by atoms with Crippen LogP contribution in [0.15, 0.2) is 29.6 Å². The van der Waals surface area contributed by atoms with Crippen LogP contribution in [0.5, 0.6) is 0 Å². The van der Waals surface area contributed by atoms with Gasteiger partial charge in [-0.2, -0.15) is 0 Å². The summed E-state index contributed by atoms with van der Waals surface area (Å²) in [7, 11) is 0. The Bertz CT molecular complexity index is 792. The molecule has 0 spiro atoms. The van der Waals surface area contributed by atoms with Gasteiger partial charge in [-0.25, -0.2) is 0 Å². The summed E-state index contributed by atoms with van der Waals surface area (Å²) in [4.78, 5) is 36.4. The van der Waals surface area contributed by atoms with Crippen LogP contribution in [0.3, 0.4) is 0 Å². The Morgan fingerprint density at radius 1 is 1.15 bits per heavy atom. The van der Waals surface area contributed by atoms with E-state index >= 15 is 0 Å². The van der Waals surface area contributed by atoms with E-state index in [2.05, 4.69) is 10.6 Å². The van der Waals surface area contributed by atoms with Crippen molar-refractivity contribution in [2.45, 2.75) is 33.8 Å². The first-order valence-electron chi connectivity index (χ1n) is 8.18. The summed E-state index contributed by atoms with van der Waals surface area (Å²) in [6.45, 7) is 7.00. The lowest BCUT2D eigenvalue weighted by Gasteiger charge is -2.17. The average molecular weight is 374 g/mol. The summed E-state index contributed by atoms with van der Waals surface area (Å²) in [5, 5.41) is 7.04. The van der Waals surface area contributed by atoms with Crippen molar-refractivity contribution in [2.75, 3.05) is 11.9 Å². The van der Waals surface area contributed by atoms with Gasteiger partial charge < -0.3 is 15.4 Å². The predicted octanol–water partition coefficient (Wildman–Crippen LogP) is 2.97. The van der Waals surface area contributed by atoms with Crippen molar-refractivity contribution in [1.29, 1.82) is 0 Å². The molecule has 26 heavy (non-hydrogen) atoms. The number of anilines is 1. The molecule has 0 saturated heterocycles. The highest BCUT2D eigenvalue weighted by Gasteiger charge is 2.20. The molecular formula is C19H22N2O4S. The number of benzene rings is 1. The third kappa shape index (κ3) is 5.16. The van der Waals surface area contributed by atoms with Crippen LogP contribution in [0.25, 0.3) is 0 Å². The Hall–Kier alpha value is -2.67. The molecule has 0 bridgehead atoms. The summed E-state index contributed by atoms with van der Waals surface area (Å²) in [5.41, 5.74) is 3.71. The van der Waals surface area contributed by atoms with Crippen molar-refractivity contribution >= 4 is 34.8 Å². The maximum absolute atomic E-state index is 12.3. The molecule has 7 heteroatoms. The molecule has 1 atom stereocenters. The molecule has 2 N–H and O–H groups in total. The van der Waals surface area contributed by atoms with Crippen LogP contribution >= 0.6 is 11.3 Å². The van der Waals surface area contributed by atoms with Gasteiger partial charge >= 0.3 is 5.97 Å². The number of hydrogen-bond acceptors (Lipinski definition) is 5. The number of hydrogen-bond donors (Lipinski definition) is 2. The quantitative estimate of drug-likeness (QED) is 0.762. The third-order valence-corrected chi connectivity index (χ3v) is 4.61. The van der Waals surface area contributed by atoms with Crippen LogP contribution in [0.1, 0.15) is 33.3 Å². The van der Waals surface area contributed by atoms with Gasteiger partial charge in [0.15, 0.2) is 6.10 Å². The molecule has 2 aromatic rings. The zero-order valence-electron chi connectivity index (χ0n) is 15.2.